The number of carbonyl (C=O) groups is 2. The van der Waals surface area contributed by atoms with Crippen molar-refractivity contribution >= 4 is 29.1 Å². The van der Waals surface area contributed by atoms with Crippen molar-refractivity contribution in [3.05, 3.63) is 75.8 Å². The highest BCUT2D eigenvalue weighted by Gasteiger charge is 2.28. The maximum atomic E-state index is 14.3. The molecule has 166 valence electrons. The second-order valence-corrected chi connectivity index (χ2v) is 8.02. The number of aromatic nitrogens is 2. The molecular weight excluding hydrogens is 431 g/mol. The second kappa shape index (κ2) is 9.12. The molecule has 0 aliphatic heterocycles. The number of anilines is 1. The third-order valence-corrected chi connectivity index (χ3v) is 6.05. The van der Waals surface area contributed by atoms with Crippen molar-refractivity contribution in [1.82, 2.24) is 14.7 Å². The molecule has 0 spiro atoms. The molecule has 1 aliphatic rings. The molecule has 0 bridgehead atoms. The number of hydrogen-bond donors (Lipinski definition) is 1. The minimum absolute atomic E-state index is 0.153. The van der Waals surface area contributed by atoms with Crippen molar-refractivity contribution in [2.45, 2.75) is 33.1 Å². The topological polar surface area (TPSA) is 67.2 Å². The Hall–Kier alpha value is -3.19. The Bertz CT molecular complexity index is 1190. The molecule has 0 saturated carbocycles. The van der Waals surface area contributed by atoms with Crippen LogP contribution in [0, 0.1) is 5.82 Å². The van der Waals surface area contributed by atoms with E-state index in [1.807, 2.05) is 13.8 Å². The lowest BCUT2D eigenvalue weighted by Gasteiger charge is -2.19. The van der Waals surface area contributed by atoms with Crippen LogP contribution in [0.4, 0.5) is 10.1 Å². The van der Waals surface area contributed by atoms with Crippen LogP contribution in [0.2, 0.25) is 5.02 Å². The maximum Gasteiger partial charge on any atom is 0.276 e. The predicted octanol–water partition coefficient (Wildman–Crippen LogP) is 4.89. The van der Waals surface area contributed by atoms with Gasteiger partial charge >= 0.3 is 0 Å². The number of hydrogen-bond acceptors (Lipinski definition) is 3. The van der Waals surface area contributed by atoms with Gasteiger partial charge in [0.1, 0.15) is 11.5 Å². The van der Waals surface area contributed by atoms with Crippen LogP contribution in [0.25, 0.3) is 5.69 Å². The number of rotatable bonds is 6. The SMILES string of the molecule is CCN(CC)C(=O)c1ccc(NC(=O)c2nn(-c3ccccc3F)c3c2CCC3)cc1Cl. The van der Waals surface area contributed by atoms with Gasteiger partial charge in [-0.3, -0.25) is 9.59 Å². The number of benzene rings is 2. The Morgan fingerprint density at radius 1 is 1.16 bits per heavy atom. The fourth-order valence-electron chi connectivity index (χ4n) is 4.08. The second-order valence-electron chi connectivity index (χ2n) is 7.62. The normalized spacial score (nSPS) is 12.5. The summed E-state index contributed by atoms with van der Waals surface area (Å²) in [6, 6.07) is 11.2. The predicted molar refractivity (Wildman–Crippen MR) is 122 cm³/mol. The van der Waals surface area contributed by atoms with Gasteiger partial charge in [-0.15, -0.1) is 0 Å². The van der Waals surface area contributed by atoms with Crippen molar-refractivity contribution in [2.75, 3.05) is 18.4 Å². The first kappa shape index (κ1) is 22.0. The summed E-state index contributed by atoms with van der Waals surface area (Å²) in [5.74, 6) is -0.937. The van der Waals surface area contributed by atoms with E-state index < -0.39 is 11.7 Å². The van der Waals surface area contributed by atoms with E-state index in [9.17, 15) is 14.0 Å². The van der Waals surface area contributed by atoms with E-state index >= 15 is 0 Å². The number of halogens is 2. The first-order valence-corrected chi connectivity index (χ1v) is 11.1. The van der Waals surface area contributed by atoms with Gasteiger partial charge in [-0.05, 0) is 63.4 Å². The van der Waals surface area contributed by atoms with Gasteiger partial charge in [-0.1, -0.05) is 23.7 Å². The zero-order valence-electron chi connectivity index (χ0n) is 18.0. The molecule has 2 amide bonds. The highest BCUT2D eigenvalue weighted by Crippen LogP contribution is 2.30. The number of fused-ring (bicyclic) bond motifs is 1. The van der Waals surface area contributed by atoms with E-state index in [4.69, 9.17) is 11.6 Å². The van der Waals surface area contributed by atoms with Crippen LogP contribution in [0.1, 0.15) is 52.4 Å². The first-order chi connectivity index (χ1) is 15.4. The van der Waals surface area contributed by atoms with E-state index in [-0.39, 0.29) is 16.6 Å². The van der Waals surface area contributed by atoms with Crippen LogP contribution in [0.5, 0.6) is 0 Å². The number of nitrogens with zero attached hydrogens (tertiary/aromatic N) is 3. The molecule has 1 aromatic heterocycles. The Morgan fingerprint density at radius 2 is 1.91 bits per heavy atom. The van der Waals surface area contributed by atoms with Crippen LogP contribution in [-0.4, -0.2) is 39.6 Å². The fraction of sp³-hybridized carbons (Fsp3) is 0.292. The molecular formula is C24H24ClFN4O2. The smallest absolute Gasteiger partial charge is 0.276 e. The lowest BCUT2D eigenvalue weighted by atomic mass is 10.1. The summed E-state index contributed by atoms with van der Waals surface area (Å²) >= 11 is 6.35. The van der Waals surface area contributed by atoms with Crippen LogP contribution < -0.4 is 5.32 Å². The van der Waals surface area contributed by atoms with Crippen LogP contribution >= 0.6 is 11.6 Å². The molecule has 0 fully saturated rings. The molecule has 0 atom stereocenters. The molecule has 0 radical (unpaired) electrons. The molecule has 1 N–H and O–H groups in total. The number of para-hydroxylation sites is 1. The maximum absolute atomic E-state index is 14.3. The van der Waals surface area contributed by atoms with Gasteiger partial charge in [0, 0.05) is 30.0 Å². The van der Waals surface area contributed by atoms with E-state index in [0.717, 1.165) is 24.1 Å². The highest BCUT2D eigenvalue weighted by molar-refractivity contribution is 6.34. The Morgan fingerprint density at radius 3 is 2.59 bits per heavy atom. The monoisotopic (exact) mass is 454 g/mol. The average molecular weight is 455 g/mol. The van der Waals surface area contributed by atoms with E-state index in [1.54, 1.807) is 41.3 Å². The largest absolute Gasteiger partial charge is 0.339 e. The van der Waals surface area contributed by atoms with E-state index in [0.29, 0.717) is 36.4 Å². The quantitative estimate of drug-likeness (QED) is 0.576. The van der Waals surface area contributed by atoms with Gasteiger partial charge in [-0.25, -0.2) is 9.07 Å². The van der Waals surface area contributed by atoms with Gasteiger partial charge in [0.2, 0.25) is 0 Å². The summed E-state index contributed by atoms with van der Waals surface area (Å²) < 4.78 is 15.9. The van der Waals surface area contributed by atoms with Gasteiger partial charge in [0.15, 0.2) is 5.69 Å². The number of amides is 2. The molecule has 0 saturated heterocycles. The molecule has 2 aromatic carbocycles. The third kappa shape index (κ3) is 4.00. The van der Waals surface area contributed by atoms with Crippen molar-refractivity contribution < 1.29 is 14.0 Å². The van der Waals surface area contributed by atoms with E-state index in [2.05, 4.69) is 10.4 Å². The summed E-state index contributed by atoms with van der Waals surface area (Å²) in [4.78, 5) is 27.3. The summed E-state index contributed by atoms with van der Waals surface area (Å²) in [7, 11) is 0. The van der Waals surface area contributed by atoms with Crippen LogP contribution in [-0.2, 0) is 12.8 Å². The molecule has 32 heavy (non-hydrogen) atoms. The zero-order chi connectivity index (χ0) is 22.8. The summed E-state index contributed by atoms with van der Waals surface area (Å²) in [5.41, 5.74) is 3.15. The van der Waals surface area contributed by atoms with Crippen LogP contribution in [0.15, 0.2) is 42.5 Å². The molecule has 3 aromatic rings. The molecule has 8 heteroatoms. The van der Waals surface area contributed by atoms with E-state index in [1.165, 1.54) is 10.7 Å². The Kier molecular flexibility index (Phi) is 6.28. The molecule has 1 heterocycles. The van der Waals surface area contributed by atoms with Gasteiger partial charge < -0.3 is 10.2 Å². The molecule has 1 aliphatic carbocycles. The third-order valence-electron chi connectivity index (χ3n) is 5.73. The van der Waals surface area contributed by atoms with Gasteiger partial charge in [0.25, 0.3) is 11.8 Å². The fourth-order valence-corrected chi connectivity index (χ4v) is 4.34. The number of nitrogens with one attached hydrogen (secondary N) is 1. The Labute approximate surface area is 191 Å². The average Bonchev–Trinajstić information content (AvgIpc) is 3.38. The molecule has 0 unspecified atom stereocenters. The van der Waals surface area contributed by atoms with Crippen molar-refractivity contribution in [1.29, 1.82) is 0 Å². The van der Waals surface area contributed by atoms with Gasteiger partial charge in [0.05, 0.1) is 10.6 Å². The summed E-state index contributed by atoms with van der Waals surface area (Å²) in [5, 5.41) is 7.52. The van der Waals surface area contributed by atoms with Crippen molar-refractivity contribution in [2.24, 2.45) is 0 Å². The summed E-state index contributed by atoms with van der Waals surface area (Å²) in [6.45, 7) is 4.98. The van der Waals surface area contributed by atoms with Crippen molar-refractivity contribution in [3.8, 4) is 5.69 Å². The highest BCUT2D eigenvalue weighted by atomic mass is 35.5. The zero-order valence-corrected chi connectivity index (χ0v) is 18.7. The minimum atomic E-state index is -0.392. The molecule has 6 nitrogen and oxygen atoms in total. The Balaban J connectivity index is 1.60. The first-order valence-electron chi connectivity index (χ1n) is 10.7. The van der Waals surface area contributed by atoms with Crippen LogP contribution in [0.3, 0.4) is 0 Å². The lowest BCUT2D eigenvalue weighted by Crippen LogP contribution is -2.30. The molecule has 4 rings (SSSR count). The number of carbonyl (C=O) groups excluding carboxylic acids is 2. The summed E-state index contributed by atoms with van der Waals surface area (Å²) in [6.07, 6.45) is 2.33. The van der Waals surface area contributed by atoms with Crippen molar-refractivity contribution in [3.63, 3.8) is 0 Å². The lowest BCUT2D eigenvalue weighted by molar-refractivity contribution is 0.0773. The van der Waals surface area contributed by atoms with Gasteiger partial charge in [-0.2, -0.15) is 5.10 Å². The standard InChI is InChI=1S/C24H24ClFN4O2/c1-3-29(4-2)24(32)16-13-12-15(14-18(16)25)27-23(31)22-17-8-7-11-20(17)30(28-22)21-10-6-5-9-19(21)26/h5-6,9-10,12-14H,3-4,7-8,11H2,1-2H3,(H,27,31). The minimum Gasteiger partial charge on any atom is -0.339 e.